The van der Waals surface area contributed by atoms with E-state index in [4.69, 9.17) is 0 Å². The van der Waals surface area contributed by atoms with E-state index in [2.05, 4.69) is 23.6 Å². The van der Waals surface area contributed by atoms with Crippen molar-refractivity contribution in [2.75, 3.05) is 33.7 Å². The van der Waals surface area contributed by atoms with Crippen LogP contribution in [-0.2, 0) is 11.2 Å². The molecule has 6 heteroatoms. The summed E-state index contributed by atoms with van der Waals surface area (Å²) >= 11 is 1.76. The lowest BCUT2D eigenvalue weighted by atomic mass is 9.93. The molecule has 27 heavy (non-hydrogen) atoms. The Hall–Kier alpha value is -2.34. The van der Waals surface area contributed by atoms with Crippen LogP contribution in [0.4, 0.5) is 4.79 Å². The van der Waals surface area contributed by atoms with Gasteiger partial charge in [-0.2, -0.15) is 0 Å². The minimum absolute atomic E-state index is 0.00403. The summed E-state index contributed by atoms with van der Waals surface area (Å²) in [5, 5.41) is 2.10. The molecule has 2 heterocycles. The van der Waals surface area contributed by atoms with Gasteiger partial charge < -0.3 is 14.7 Å². The van der Waals surface area contributed by atoms with Gasteiger partial charge >= 0.3 is 6.03 Å². The maximum atomic E-state index is 13.2. The third-order valence-corrected chi connectivity index (χ3v) is 5.87. The molecular formula is C21H27N3O2S. The third-order valence-electron chi connectivity index (χ3n) is 4.87. The highest BCUT2D eigenvalue weighted by Gasteiger charge is 2.33. The monoisotopic (exact) mass is 385 g/mol. The molecule has 2 aromatic rings. The Morgan fingerprint density at radius 2 is 1.93 bits per heavy atom. The number of hydrogen-bond donors (Lipinski definition) is 0. The van der Waals surface area contributed by atoms with Crippen LogP contribution in [0.5, 0.6) is 0 Å². The van der Waals surface area contributed by atoms with Crippen molar-refractivity contribution in [1.29, 1.82) is 0 Å². The lowest BCUT2D eigenvalue weighted by molar-refractivity contribution is -0.134. The van der Waals surface area contributed by atoms with Crippen LogP contribution >= 0.6 is 11.3 Å². The van der Waals surface area contributed by atoms with Crippen LogP contribution in [0.2, 0.25) is 0 Å². The van der Waals surface area contributed by atoms with E-state index in [9.17, 15) is 9.59 Å². The van der Waals surface area contributed by atoms with Gasteiger partial charge in [-0.25, -0.2) is 4.79 Å². The van der Waals surface area contributed by atoms with Crippen LogP contribution in [0.25, 0.3) is 0 Å². The Morgan fingerprint density at radius 3 is 2.59 bits per heavy atom. The molecule has 0 fully saturated rings. The molecule has 1 aliphatic rings. The van der Waals surface area contributed by atoms with Crippen LogP contribution in [0.1, 0.15) is 35.4 Å². The maximum Gasteiger partial charge on any atom is 0.319 e. The molecule has 0 spiro atoms. The standard InChI is InChI=1S/C21H27N3O2S/c1-4-12-23(21(26)22(2)3)15-19(25)24-13-10-18-17(11-14-27-18)20(24)16-8-6-5-7-9-16/h5-9,11,14,20H,4,10,12-13,15H2,1-3H3/t20-/m1/s1. The summed E-state index contributed by atoms with van der Waals surface area (Å²) in [6, 6.07) is 12.1. The number of carbonyl (C=O) groups is 2. The Bertz CT molecular complexity index is 788. The van der Waals surface area contributed by atoms with E-state index in [0.717, 1.165) is 18.4 Å². The maximum absolute atomic E-state index is 13.2. The summed E-state index contributed by atoms with van der Waals surface area (Å²) < 4.78 is 0. The van der Waals surface area contributed by atoms with Gasteiger partial charge in [0.15, 0.2) is 0 Å². The number of urea groups is 1. The average Bonchev–Trinajstić information content (AvgIpc) is 3.15. The molecule has 0 saturated carbocycles. The van der Waals surface area contributed by atoms with Gasteiger partial charge in [-0.1, -0.05) is 37.3 Å². The topological polar surface area (TPSA) is 43.9 Å². The van der Waals surface area contributed by atoms with Gasteiger partial charge in [0.1, 0.15) is 6.54 Å². The zero-order valence-corrected chi connectivity index (χ0v) is 17.0. The molecule has 1 aromatic carbocycles. The van der Waals surface area contributed by atoms with Crippen LogP contribution in [0.3, 0.4) is 0 Å². The molecule has 0 saturated heterocycles. The molecule has 5 nitrogen and oxygen atoms in total. The predicted molar refractivity (Wildman–Crippen MR) is 109 cm³/mol. The highest BCUT2D eigenvalue weighted by atomic mass is 32.1. The minimum Gasteiger partial charge on any atom is -0.331 e. The van der Waals surface area contributed by atoms with Crippen molar-refractivity contribution in [3.05, 3.63) is 57.8 Å². The van der Waals surface area contributed by atoms with Crippen LogP contribution in [-0.4, -0.2) is 60.4 Å². The van der Waals surface area contributed by atoms with Gasteiger partial charge in [-0.05, 0) is 35.4 Å². The second kappa shape index (κ2) is 8.57. The molecule has 0 N–H and O–H groups in total. The fourth-order valence-corrected chi connectivity index (χ4v) is 4.53. The quantitative estimate of drug-likeness (QED) is 0.789. The first-order valence-electron chi connectivity index (χ1n) is 9.39. The number of rotatable bonds is 5. The molecular weight excluding hydrogens is 358 g/mol. The van der Waals surface area contributed by atoms with Gasteiger partial charge in [0.25, 0.3) is 0 Å². The molecule has 144 valence electrons. The Labute approximate surface area is 165 Å². The SMILES string of the molecule is CCCN(CC(=O)N1CCc2sccc2[C@H]1c1ccccc1)C(=O)N(C)C. The fraction of sp³-hybridized carbons (Fsp3) is 0.429. The highest BCUT2D eigenvalue weighted by Crippen LogP contribution is 2.37. The molecule has 1 atom stereocenters. The second-order valence-electron chi connectivity index (χ2n) is 7.05. The number of benzene rings is 1. The van der Waals surface area contributed by atoms with Gasteiger partial charge in [-0.15, -0.1) is 11.3 Å². The summed E-state index contributed by atoms with van der Waals surface area (Å²) in [7, 11) is 3.45. The number of nitrogens with zero attached hydrogens (tertiary/aromatic N) is 3. The second-order valence-corrected chi connectivity index (χ2v) is 8.05. The van der Waals surface area contributed by atoms with Crippen molar-refractivity contribution < 1.29 is 9.59 Å². The first-order valence-corrected chi connectivity index (χ1v) is 10.3. The minimum atomic E-state index is -0.116. The van der Waals surface area contributed by atoms with Crippen LogP contribution in [0, 0.1) is 0 Å². The van der Waals surface area contributed by atoms with E-state index in [1.165, 1.54) is 15.3 Å². The first kappa shape index (κ1) is 19.4. The van der Waals surface area contributed by atoms with Crippen molar-refractivity contribution in [2.24, 2.45) is 0 Å². The normalized spacial score (nSPS) is 16.0. The Kier molecular flexibility index (Phi) is 6.16. The van der Waals surface area contributed by atoms with E-state index in [1.807, 2.05) is 30.0 Å². The Balaban J connectivity index is 1.87. The number of carbonyl (C=O) groups excluding carboxylic acids is 2. The zero-order valence-electron chi connectivity index (χ0n) is 16.2. The van der Waals surface area contributed by atoms with E-state index in [-0.39, 0.29) is 24.5 Å². The van der Waals surface area contributed by atoms with Gasteiger partial charge in [0.2, 0.25) is 5.91 Å². The highest BCUT2D eigenvalue weighted by molar-refractivity contribution is 7.10. The molecule has 0 unspecified atom stereocenters. The summed E-state index contributed by atoms with van der Waals surface area (Å²) in [5.41, 5.74) is 2.33. The molecule has 1 aliphatic heterocycles. The van der Waals surface area contributed by atoms with Gasteiger partial charge in [-0.3, -0.25) is 4.79 Å². The fourth-order valence-electron chi connectivity index (χ4n) is 3.63. The first-order chi connectivity index (χ1) is 13.0. The summed E-state index contributed by atoms with van der Waals surface area (Å²) in [6.07, 6.45) is 1.70. The summed E-state index contributed by atoms with van der Waals surface area (Å²) in [6.45, 7) is 3.40. The lowest BCUT2D eigenvalue weighted by Crippen LogP contribution is -2.49. The van der Waals surface area contributed by atoms with Gasteiger partial charge in [0.05, 0.1) is 6.04 Å². The van der Waals surface area contributed by atoms with E-state index in [1.54, 1.807) is 30.3 Å². The molecule has 0 aliphatic carbocycles. The van der Waals surface area contributed by atoms with Crippen molar-refractivity contribution in [3.63, 3.8) is 0 Å². The molecule has 3 amide bonds. The largest absolute Gasteiger partial charge is 0.331 e. The van der Waals surface area contributed by atoms with Crippen LogP contribution < -0.4 is 0 Å². The number of amides is 3. The van der Waals surface area contributed by atoms with Crippen molar-refractivity contribution in [1.82, 2.24) is 14.7 Å². The molecule has 0 bridgehead atoms. The third kappa shape index (κ3) is 4.16. The van der Waals surface area contributed by atoms with Crippen molar-refractivity contribution in [2.45, 2.75) is 25.8 Å². The number of thiophene rings is 1. The predicted octanol–water partition coefficient (Wildman–Crippen LogP) is 3.62. The average molecular weight is 386 g/mol. The molecule has 0 radical (unpaired) electrons. The van der Waals surface area contributed by atoms with Gasteiger partial charge in [0, 0.05) is 32.1 Å². The molecule has 1 aromatic heterocycles. The summed E-state index contributed by atoms with van der Waals surface area (Å²) in [5.74, 6) is 0.00403. The van der Waals surface area contributed by atoms with Crippen molar-refractivity contribution in [3.8, 4) is 0 Å². The van der Waals surface area contributed by atoms with E-state index < -0.39 is 0 Å². The smallest absolute Gasteiger partial charge is 0.319 e. The number of hydrogen-bond acceptors (Lipinski definition) is 3. The Morgan fingerprint density at radius 1 is 1.19 bits per heavy atom. The number of fused-ring (bicyclic) bond motifs is 1. The van der Waals surface area contributed by atoms with E-state index in [0.29, 0.717) is 13.1 Å². The van der Waals surface area contributed by atoms with E-state index >= 15 is 0 Å². The zero-order chi connectivity index (χ0) is 19.4. The van der Waals surface area contributed by atoms with Crippen LogP contribution in [0.15, 0.2) is 41.8 Å². The lowest BCUT2D eigenvalue weighted by Gasteiger charge is -2.38. The molecule has 3 rings (SSSR count). The van der Waals surface area contributed by atoms with Crippen molar-refractivity contribution >= 4 is 23.3 Å². The summed E-state index contributed by atoms with van der Waals surface area (Å²) in [4.78, 5) is 32.2.